The summed E-state index contributed by atoms with van der Waals surface area (Å²) in [4.78, 5) is 48.8. The van der Waals surface area contributed by atoms with Crippen LogP contribution in [0.1, 0.15) is 72.6 Å². The Balaban J connectivity index is 1.45. The van der Waals surface area contributed by atoms with Crippen LogP contribution >= 0.6 is 0 Å². The van der Waals surface area contributed by atoms with Crippen LogP contribution in [-0.4, -0.2) is 48.8 Å². The largest absolute Gasteiger partial charge is 0.462 e. The van der Waals surface area contributed by atoms with Gasteiger partial charge < -0.3 is 18.9 Å². The van der Waals surface area contributed by atoms with Crippen molar-refractivity contribution in [2.24, 2.45) is 23.2 Å². The summed E-state index contributed by atoms with van der Waals surface area (Å²) >= 11 is 0. The molecule has 0 amide bonds. The second-order valence-electron chi connectivity index (χ2n) is 10.1. The van der Waals surface area contributed by atoms with E-state index in [0.717, 1.165) is 12.8 Å². The maximum Gasteiger partial charge on any atom is 0.344 e. The summed E-state index contributed by atoms with van der Waals surface area (Å²) in [5.41, 5.74) is -1.39. The van der Waals surface area contributed by atoms with Gasteiger partial charge in [0, 0.05) is 12.8 Å². The molecule has 2 heterocycles. The molecule has 2 aliphatic carbocycles. The Bertz CT molecular complexity index is 731. The Morgan fingerprint density at radius 2 is 1.81 bits per heavy atom. The van der Waals surface area contributed by atoms with Crippen LogP contribution in [0.4, 0.5) is 0 Å². The third-order valence-corrected chi connectivity index (χ3v) is 6.84. The van der Waals surface area contributed by atoms with Crippen LogP contribution in [-0.2, 0) is 38.1 Å². The van der Waals surface area contributed by atoms with Gasteiger partial charge in [-0.15, -0.1) is 0 Å². The first kappa shape index (κ1) is 23.5. The van der Waals surface area contributed by atoms with Crippen LogP contribution in [0.2, 0.25) is 0 Å². The van der Waals surface area contributed by atoms with Gasteiger partial charge in [0.05, 0.1) is 11.3 Å². The molecule has 31 heavy (non-hydrogen) atoms. The van der Waals surface area contributed by atoms with E-state index in [-0.39, 0.29) is 18.0 Å². The zero-order valence-electron chi connectivity index (χ0n) is 18.9. The van der Waals surface area contributed by atoms with Gasteiger partial charge in [0.2, 0.25) is 0 Å². The second-order valence-corrected chi connectivity index (χ2v) is 10.1. The fourth-order valence-corrected chi connectivity index (χ4v) is 5.52. The molecule has 4 bridgehead atoms. The molecule has 4 rings (SSSR count). The smallest absolute Gasteiger partial charge is 0.344 e. The van der Waals surface area contributed by atoms with Crippen molar-refractivity contribution in [1.82, 2.24) is 0 Å². The number of rotatable bonds is 9. The molecule has 2 aliphatic heterocycles. The van der Waals surface area contributed by atoms with E-state index in [1.165, 1.54) is 0 Å². The number of hydrogen-bond acceptors (Lipinski definition) is 8. The molecule has 4 fully saturated rings. The quantitative estimate of drug-likeness (QED) is 0.400. The van der Waals surface area contributed by atoms with Gasteiger partial charge in [-0.3, -0.25) is 9.59 Å². The number of fused-ring (bicyclic) bond motifs is 1. The Hall–Kier alpha value is -2.12. The summed E-state index contributed by atoms with van der Waals surface area (Å²) in [6.45, 7) is 6.68. The number of hydrogen-bond donors (Lipinski definition) is 0. The molecule has 0 radical (unpaired) electrons. The van der Waals surface area contributed by atoms with E-state index < -0.39 is 42.1 Å². The molecule has 5 atom stereocenters. The molecule has 5 unspecified atom stereocenters. The highest BCUT2D eigenvalue weighted by Gasteiger charge is 2.54. The first-order valence-corrected chi connectivity index (χ1v) is 11.3. The fraction of sp³-hybridized carbons (Fsp3) is 0.826. The predicted octanol–water partition coefficient (Wildman–Crippen LogP) is 2.95. The molecule has 8 heteroatoms. The van der Waals surface area contributed by atoms with Crippen molar-refractivity contribution in [2.75, 3.05) is 13.2 Å². The fourth-order valence-electron chi connectivity index (χ4n) is 5.52. The number of carbonyl (C=O) groups excluding carboxylic acids is 4. The molecule has 2 saturated carbocycles. The van der Waals surface area contributed by atoms with E-state index in [9.17, 15) is 19.2 Å². The summed E-state index contributed by atoms with van der Waals surface area (Å²) in [5.74, 6) is -1.72. The maximum absolute atomic E-state index is 12.4. The number of ether oxygens (including phenoxy) is 4. The Morgan fingerprint density at radius 3 is 2.48 bits per heavy atom. The third kappa shape index (κ3) is 5.57. The van der Waals surface area contributed by atoms with Crippen molar-refractivity contribution < 1.29 is 38.1 Å². The lowest BCUT2D eigenvalue weighted by molar-refractivity contribution is -0.183. The summed E-state index contributed by atoms with van der Waals surface area (Å²) in [6.07, 6.45) is 4.30. The van der Waals surface area contributed by atoms with Gasteiger partial charge in [-0.2, -0.15) is 0 Å². The first-order valence-electron chi connectivity index (χ1n) is 11.3. The van der Waals surface area contributed by atoms with Crippen molar-refractivity contribution in [3.05, 3.63) is 0 Å². The van der Waals surface area contributed by atoms with Gasteiger partial charge in [0.25, 0.3) is 0 Å². The van der Waals surface area contributed by atoms with Gasteiger partial charge in [0.15, 0.2) is 13.2 Å². The Morgan fingerprint density at radius 1 is 1.10 bits per heavy atom. The zero-order valence-corrected chi connectivity index (χ0v) is 18.9. The molecule has 2 saturated heterocycles. The monoisotopic (exact) mass is 438 g/mol. The van der Waals surface area contributed by atoms with Crippen molar-refractivity contribution >= 4 is 23.9 Å². The number of carbonyl (C=O) groups is 4. The van der Waals surface area contributed by atoms with Gasteiger partial charge >= 0.3 is 23.9 Å². The molecular formula is C23H34O8. The van der Waals surface area contributed by atoms with Gasteiger partial charge in [-0.1, -0.05) is 20.8 Å². The average molecular weight is 439 g/mol. The van der Waals surface area contributed by atoms with Crippen molar-refractivity contribution in [1.29, 1.82) is 0 Å². The van der Waals surface area contributed by atoms with Crippen LogP contribution in [0.3, 0.4) is 0 Å². The van der Waals surface area contributed by atoms with Gasteiger partial charge in [-0.25, -0.2) is 9.59 Å². The Labute approximate surface area is 183 Å². The molecule has 0 N–H and O–H groups in total. The summed E-state index contributed by atoms with van der Waals surface area (Å²) in [6, 6.07) is 0. The molecule has 0 aromatic heterocycles. The molecule has 8 nitrogen and oxygen atoms in total. The van der Waals surface area contributed by atoms with Gasteiger partial charge in [-0.05, 0) is 50.9 Å². The van der Waals surface area contributed by atoms with E-state index >= 15 is 0 Å². The number of esters is 4. The van der Waals surface area contributed by atoms with E-state index in [0.29, 0.717) is 43.9 Å². The van der Waals surface area contributed by atoms with Crippen molar-refractivity contribution in [3.8, 4) is 0 Å². The summed E-state index contributed by atoms with van der Waals surface area (Å²) < 4.78 is 21.3. The molecule has 174 valence electrons. The van der Waals surface area contributed by atoms with Crippen LogP contribution in [0, 0.1) is 23.2 Å². The lowest BCUT2D eigenvalue weighted by atomic mass is 9.65. The minimum atomic E-state index is -0.797. The maximum atomic E-state index is 12.4. The van der Waals surface area contributed by atoms with E-state index in [1.54, 1.807) is 0 Å². The topological polar surface area (TPSA) is 105 Å². The standard InChI is InChI=1S/C23H34O8/c1-5-22(4,8-14(2)3)21(27)29-12-18(24)28-13-19(25)31-23-9-15-6-16(10-23)20(26)30-17(7-15)11-23/h14-17H,5-13H2,1-4H3. The van der Waals surface area contributed by atoms with Gasteiger partial charge in [0.1, 0.15) is 11.7 Å². The summed E-state index contributed by atoms with van der Waals surface area (Å²) in [5, 5.41) is 0. The SMILES string of the molecule is CCC(C)(CC(C)C)C(=O)OCC(=O)OCC(=O)OC12CC3CC(C1)OC(=O)C(C3)C2. The lowest BCUT2D eigenvalue weighted by Crippen LogP contribution is -2.48. The van der Waals surface area contributed by atoms with Crippen LogP contribution in [0.25, 0.3) is 0 Å². The Kier molecular flexibility index (Phi) is 6.96. The normalized spacial score (nSPS) is 30.9. The third-order valence-electron chi connectivity index (χ3n) is 6.84. The highest BCUT2D eigenvalue weighted by atomic mass is 16.6. The second kappa shape index (κ2) is 9.17. The minimum Gasteiger partial charge on any atom is -0.462 e. The van der Waals surface area contributed by atoms with E-state index in [2.05, 4.69) is 0 Å². The predicted molar refractivity (Wildman–Crippen MR) is 109 cm³/mol. The highest BCUT2D eigenvalue weighted by molar-refractivity contribution is 5.81. The lowest BCUT2D eigenvalue weighted by Gasteiger charge is -2.45. The minimum absolute atomic E-state index is 0.199. The highest BCUT2D eigenvalue weighted by Crippen LogP contribution is 2.51. The first-order chi connectivity index (χ1) is 14.5. The van der Waals surface area contributed by atoms with E-state index in [1.807, 2.05) is 27.7 Å². The average Bonchev–Trinajstić information content (AvgIpc) is 2.84. The van der Waals surface area contributed by atoms with E-state index in [4.69, 9.17) is 18.9 Å². The zero-order chi connectivity index (χ0) is 22.8. The molecule has 0 aromatic carbocycles. The van der Waals surface area contributed by atoms with Crippen molar-refractivity contribution in [2.45, 2.75) is 84.3 Å². The summed E-state index contributed by atoms with van der Waals surface area (Å²) in [7, 11) is 0. The molecule has 4 aliphatic rings. The van der Waals surface area contributed by atoms with Crippen molar-refractivity contribution in [3.63, 3.8) is 0 Å². The molecular weight excluding hydrogens is 404 g/mol. The van der Waals surface area contributed by atoms with Crippen LogP contribution < -0.4 is 0 Å². The van der Waals surface area contributed by atoms with Crippen LogP contribution in [0.5, 0.6) is 0 Å². The van der Waals surface area contributed by atoms with Crippen LogP contribution in [0.15, 0.2) is 0 Å². The molecule has 0 spiro atoms. The molecule has 0 aromatic rings.